The molecule has 11 heteroatoms. The Kier molecular flexibility index (Phi) is 6.68. The Labute approximate surface area is 148 Å². The van der Waals surface area contributed by atoms with Crippen LogP contribution in [-0.2, 0) is 16.3 Å². The van der Waals surface area contributed by atoms with E-state index in [1.54, 1.807) is 6.07 Å². The Morgan fingerprint density at radius 1 is 1.08 bits per heavy atom. The van der Waals surface area contributed by atoms with Crippen molar-refractivity contribution in [1.29, 1.82) is 0 Å². The quantitative estimate of drug-likeness (QED) is 0.305. The van der Waals surface area contributed by atoms with Crippen LogP contribution in [0.1, 0.15) is 5.56 Å². The van der Waals surface area contributed by atoms with E-state index in [1.807, 2.05) is 28.7 Å². The first-order valence-corrected chi connectivity index (χ1v) is 8.48. The molecule has 0 atom stereocenters. The van der Waals surface area contributed by atoms with Gasteiger partial charge in [-0.1, -0.05) is 18.2 Å². The van der Waals surface area contributed by atoms with E-state index >= 15 is 0 Å². The van der Waals surface area contributed by atoms with Gasteiger partial charge in [0.25, 0.3) is 15.8 Å². The summed E-state index contributed by atoms with van der Waals surface area (Å²) >= 11 is 2.03. The Morgan fingerprint density at radius 2 is 1.67 bits per heavy atom. The number of nitrogens with zero attached hydrogens (tertiary/aromatic N) is 1. The first-order chi connectivity index (χ1) is 10.9. The van der Waals surface area contributed by atoms with Gasteiger partial charge in [-0.25, -0.2) is 0 Å². The lowest BCUT2D eigenvalue weighted by molar-refractivity contribution is -0.384. The molecule has 130 valence electrons. The number of benzene rings is 2. The summed E-state index contributed by atoms with van der Waals surface area (Å²) in [6.07, 6.45) is -4.80. The fraction of sp³-hybridized carbons (Fsp3) is 0.0769. The monoisotopic (exact) mass is 475 g/mol. The molecule has 2 aromatic carbocycles. The topological polar surface area (TPSA) is 97.5 Å². The van der Waals surface area contributed by atoms with Gasteiger partial charge in [0, 0.05) is 15.7 Å². The molecule has 2 rings (SSSR count). The van der Waals surface area contributed by atoms with Crippen LogP contribution in [0.15, 0.2) is 53.4 Å². The minimum atomic E-state index is -4.84. The van der Waals surface area contributed by atoms with Gasteiger partial charge in [0.15, 0.2) is 0 Å². The van der Waals surface area contributed by atoms with Crippen LogP contribution >= 0.6 is 22.6 Å². The molecule has 0 saturated carbocycles. The Hall–Kier alpha value is -1.73. The number of alkyl halides is 3. The fourth-order valence-corrected chi connectivity index (χ4v) is 2.75. The second kappa shape index (κ2) is 7.90. The highest BCUT2D eigenvalue weighted by atomic mass is 127. The van der Waals surface area contributed by atoms with Crippen LogP contribution in [0.2, 0.25) is 0 Å². The summed E-state index contributed by atoms with van der Waals surface area (Å²) in [5.74, 6) is 0. The van der Waals surface area contributed by atoms with E-state index in [-0.39, 0.29) is 5.69 Å². The van der Waals surface area contributed by atoms with Gasteiger partial charge in [0.05, 0.1) is 10.5 Å². The van der Waals surface area contributed by atoms with Gasteiger partial charge in [-0.05, 0) is 40.8 Å². The highest BCUT2D eigenvalue weighted by Crippen LogP contribution is 2.33. The normalized spacial score (nSPS) is 11.4. The molecule has 0 aliphatic carbocycles. The Bertz CT molecular complexity index is 839. The van der Waals surface area contributed by atoms with Gasteiger partial charge < -0.3 is 0 Å². The third-order valence-electron chi connectivity index (χ3n) is 2.49. The summed E-state index contributed by atoms with van der Waals surface area (Å²) in [5, 5.41) is 10.2. The zero-order chi connectivity index (χ0) is 18.5. The maximum Gasteiger partial charge on any atom is 0.417 e. The molecular weight excluding hydrogens is 466 g/mol. The standard InChI is InChI=1S/C7H5F3O3S.C6H4INO2/c8-7(9,10)5-3-1-2-4-6(5)14(11,12)13;7-5-2-1-3-6(4-5)8(9)10/h1-4H,(H,11,12,13);1-4H. The molecule has 0 radical (unpaired) electrons. The number of hydrogen-bond donors (Lipinski definition) is 1. The molecule has 6 nitrogen and oxygen atoms in total. The predicted octanol–water partition coefficient (Wildman–Crippen LogP) is 4.15. The molecule has 0 aromatic heterocycles. The predicted molar refractivity (Wildman–Crippen MR) is 87.1 cm³/mol. The molecule has 0 heterocycles. The third-order valence-corrected chi connectivity index (χ3v) is 4.07. The molecule has 0 spiro atoms. The first-order valence-electron chi connectivity index (χ1n) is 5.96. The summed E-state index contributed by atoms with van der Waals surface area (Å²) in [6, 6.07) is 9.90. The van der Waals surface area contributed by atoms with Crippen LogP contribution in [0.25, 0.3) is 0 Å². The van der Waals surface area contributed by atoms with Crippen LogP contribution in [0.3, 0.4) is 0 Å². The summed E-state index contributed by atoms with van der Waals surface area (Å²) < 4.78 is 67.1. The van der Waals surface area contributed by atoms with E-state index in [0.29, 0.717) is 12.1 Å². The number of non-ortho nitro benzene ring substituents is 1. The maximum absolute atomic E-state index is 12.2. The molecule has 0 amide bonds. The van der Waals surface area contributed by atoms with Crippen LogP contribution in [-0.4, -0.2) is 17.9 Å². The van der Waals surface area contributed by atoms with Crippen molar-refractivity contribution in [2.75, 3.05) is 0 Å². The first kappa shape index (κ1) is 20.3. The molecule has 0 fully saturated rings. The molecular formula is C13H9F3INO5S. The van der Waals surface area contributed by atoms with Crippen LogP contribution in [0.4, 0.5) is 18.9 Å². The summed E-state index contributed by atoms with van der Waals surface area (Å²) in [4.78, 5) is 8.62. The van der Waals surface area contributed by atoms with E-state index in [2.05, 4.69) is 0 Å². The van der Waals surface area contributed by atoms with Gasteiger partial charge in [0.1, 0.15) is 4.90 Å². The number of nitro benzene ring substituents is 1. The summed E-state index contributed by atoms with van der Waals surface area (Å²) in [7, 11) is -4.84. The lowest BCUT2D eigenvalue weighted by Crippen LogP contribution is -2.12. The van der Waals surface area contributed by atoms with E-state index in [9.17, 15) is 31.7 Å². The number of hydrogen-bond acceptors (Lipinski definition) is 4. The average molecular weight is 475 g/mol. The Balaban J connectivity index is 0.000000254. The van der Waals surface area contributed by atoms with Crippen molar-refractivity contribution in [3.05, 3.63) is 67.8 Å². The highest BCUT2D eigenvalue weighted by molar-refractivity contribution is 14.1. The largest absolute Gasteiger partial charge is 0.417 e. The number of nitro groups is 1. The lowest BCUT2D eigenvalue weighted by atomic mass is 10.2. The van der Waals surface area contributed by atoms with E-state index in [4.69, 9.17) is 4.55 Å². The average Bonchev–Trinajstić information content (AvgIpc) is 2.46. The molecule has 2 aromatic rings. The van der Waals surface area contributed by atoms with Crippen molar-refractivity contribution in [3.63, 3.8) is 0 Å². The Morgan fingerprint density at radius 3 is 2.04 bits per heavy atom. The highest BCUT2D eigenvalue weighted by Gasteiger charge is 2.36. The molecule has 0 bridgehead atoms. The van der Waals surface area contributed by atoms with Crippen molar-refractivity contribution in [2.45, 2.75) is 11.1 Å². The molecule has 0 unspecified atom stereocenters. The second-order valence-electron chi connectivity index (χ2n) is 4.21. The second-order valence-corrected chi connectivity index (χ2v) is 6.84. The van der Waals surface area contributed by atoms with Crippen LogP contribution in [0.5, 0.6) is 0 Å². The van der Waals surface area contributed by atoms with Gasteiger partial charge in [-0.15, -0.1) is 0 Å². The zero-order valence-corrected chi connectivity index (χ0v) is 14.5. The minimum Gasteiger partial charge on any atom is -0.282 e. The summed E-state index contributed by atoms with van der Waals surface area (Å²) in [6.45, 7) is 0. The van der Waals surface area contributed by atoms with Crippen molar-refractivity contribution in [1.82, 2.24) is 0 Å². The SMILES string of the molecule is O=S(=O)(O)c1ccccc1C(F)(F)F.O=[N+]([O-])c1cccc(I)c1. The minimum absolute atomic E-state index is 0.145. The third kappa shape index (κ3) is 6.05. The van der Waals surface area contributed by atoms with E-state index in [1.165, 1.54) is 12.1 Å². The smallest absolute Gasteiger partial charge is 0.282 e. The van der Waals surface area contributed by atoms with E-state index < -0.39 is 31.7 Å². The maximum atomic E-state index is 12.2. The fourth-order valence-electron chi connectivity index (χ4n) is 1.52. The van der Waals surface area contributed by atoms with Gasteiger partial charge >= 0.3 is 6.18 Å². The van der Waals surface area contributed by atoms with Crippen LogP contribution < -0.4 is 0 Å². The molecule has 24 heavy (non-hydrogen) atoms. The molecule has 0 aliphatic rings. The van der Waals surface area contributed by atoms with Crippen molar-refractivity contribution >= 4 is 38.4 Å². The summed E-state index contributed by atoms with van der Waals surface area (Å²) in [5.41, 5.74) is -1.23. The van der Waals surface area contributed by atoms with Gasteiger partial charge in [-0.3, -0.25) is 14.7 Å². The van der Waals surface area contributed by atoms with Crippen molar-refractivity contribution in [2.24, 2.45) is 0 Å². The molecule has 1 N–H and O–H groups in total. The number of rotatable bonds is 2. The molecule has 0 saturated heterocycles. The zero-order valence-electron chi connectivity index (χ0n) is 11.6. The molecule has 0 aliphatic heterocycles. The van der Waals surface area contributed by atoms with Crippen molar-refractivity contribution < 1.29 is 31.1 Å². The van der Waals surface area contributed by atoms with Crippen molar-refractivity contribution in [3.8, 4) is 0 Å². The van der Waals surface area contributed by atoms with E-state index in [0.717, 1.165) is 15.7 Å². The number of halogens is 4. The lowest BCUT2D eigenvalue weighted by Gasteiger charge is -2.09. The van der Waals surface area contributed by atoms with Gasteiger partial charge in [-0.2, -0.15) is 21.6 Å². The van der Waals surface area contributed by atoms with Crippen LogP contribution in [0, 0.1) is 13.7 Å². The van der Waals surface area contributed by atoms with Gasteiger partial charge in [0.2, 0.25) is 0 Å².